The molecule has 2 N–H and O–H groups in total. The lowest BCUT2D eigenvalue weighted by molar-refractivity contribution is -0.171. The van der Waals surface area contributed by atoms with Gasteiger partial charge in [-0.05, 0) is 18.8 Å². The second kappa shape index (κ2) is 4.28. The zero-order chi connectivity index (χ0) is 10.7. The van der Waals surface area contributed by atoms with Gasteiger partial charge in [-0.2, -0.15) is 0 Å². The zero-order valence-corrected chi connectivity index (χ0v) is 8.19. The zero-order valence-electron chi connectivity index (χ0n) is 8.19. The Kier molecular flexibility index (Phi) is 3.29. The lowest BCUT2D eigenvalue weighted by Gasteiger charge is -2.21. The Morgan fingerprint density at radius 1 is 1.57 bits per heavy atom. The summed E-state index contributed by atoms with van der Waals surface area (Å²) in [6.45, 7) is 0. The smallest absolute Gasteiger partial charge is 0.405 e. The van der Waals surface area contributed by atoms with Crippen LogP contribution < -0.4 is 5.32 Å². The third kappa shape index (κ3) is 2.59. The van der Waals surface area contributed by atoms with E-state index in [9.17, 15) is 9.59 Å². The summed E-state index contributed by atoms with van der Waals surface area (Å²) in [7, 11) is 2.82. The van der Waals surface area contributed by atoms with Crippen LogP contribution in [0.15, 0.2) is 0 Å². The van der Waals surface area contributed by atoms with Crippen molar-refractivity contribution < 1.29 is 19.5 Å². The predicted molar refractivity (Wildman–Crippen MR) is 47.5 cm³/mol. The molecule has 6 nitrogen and oxygen atoms in total. The first-order chi connectivity index (χ1) is 6.56. The minimum atomic E-state index is -1.18. The lowest BCUT2D eigenvalue weighted by atomic mass is 10.2. The van der Waals surface area contributed by atoms with Crippen LogP contribution in [0.1, 0.15) is 12.8 Å². The highest BCUT2D eigenvalue weighted by Gasteiger charge is 2.38. The van der Waals surface area contributed by atoms with E-state index in [0.29, 0.717) is 0 Å². The van der Waals surface area contributed by atoms with Gasteiger partial charge < -0.3 is 10.4 Å². The first-order valence-electron chi connectivity index (χ1n) is 4.37. The highest BCUT2D eigenvalue weighted by Crippen LogP contribution is 2.33. The van der Waals surface area contributed by atoms with Crippen LogP contribution in [0.4, 0.5) is 4.79 Å². The molecule has 1 unspecified atom stereocenters. The lowest BCUT2D eigenvalue weighted by Crippen LogP contribution is -2.47. The molecule has 0 heterocycles. The average Bonchev–Trinajstić information content (AvgIpc) is 2.94. The molecular formula is C8H14N2O4. The quantitative estimate of drug-likeness (QED) is 0.631. The predicted octanol–water partition coefficient (Wildman–Crippen LogP) is 0.0524. The number of nitrogens with one attached hydrogen (secondary N) is 1. The molecule has 6 heteroatoms. The molecule has 1 fully saturated rings. The molecule has 1 aliphatic rings. The summed E-state index contributed by atoms with van der Waals surface area (Å²) in [6.07, 6.45) is 0.586. The number of hydrogen-bond donors (Lipinski definition) is 2. The normalized spacial score (nSPS) is 17.3. The van der Waals surface area contributed by atoms with Gasteiger partial charge in [-0.15, -0.1) is 0 Å². The molecule has 0 aromatic carbocycles. The van der Waals surface area contributed by atoms with Crippen LogP contribution in [0.3, 0.4) is 0 Å². The summed E-state index contributed by atoms with van der Waals surface area (Å²) >= 11 is 0. The maximum atomic E-state index is 11.6. The number of hydroxylamine groups is 2. The molecule has 0 bridgehead atoms. The summed E-state index contributed by atoms with van der Waals surface area (Å²) in [5, 5.41) is 11.8. The van der Waals surface area contributed by atoms with Crippen LogP contribution in [0.25, 0.3) is 0 Å². The maximum absolute atomic E-state index is 11.6. The number of carboxylic acid groups (broad SMARTS) is 1. The molecule has 14 heavy (non-hydrogen) atoms. The summed E-state index contributed by atoms with van der Waals surface area (Å²) < 4.78 is 0. The van der Waals surface area contributed by atoms with Crippen molar-refractivity contribution in [2.45, 2.75) is 18.9 Å². The number of nitrogens with zero attached hydrogens (tertiary/aromatic N) is 1. The van der Waals surface area contributed by atoms with Crippen molar-refractivity contribution in [3.63, 3.8) is 0 Å². The van der Waals surface area contributed by atoms with Gasteiger partial charge in [-0.3, -0.25) is 9.63 Å². The SMILES string of the molecule is CON(C)C(=O)C(NC(=O)O)C1CC1. The van der Waals surface area contributed by atoms with E-state index >= 15 is 0 Å². The van der Waals surface area contributed by atoms with Crippen molar-refractivity contribution in [2.75, 3.05) is 14.2 Å². The Morgan fingerprint density at radius 3 is 2.50 bits per heavy atom. The van der Waals surface area contributed by atoms with Crippen molar-refractivity contribution in [3.05, 3.63) is 0 Å². The molecule has 1 saturated carbocycles. The van der Waals surface area contributed by atoms with E-state index in [1.807, 2.05) is 0 Å². The summed E-state index contributed by atoms with van der Waals surface area (Å²) in [5.41, 5.74) is 0. The Bertz CT molecular complexity index is 239. The van der Waals surface area contributed by atoms with E-state index in [1.54, 1.807) is 0 Å². The molecule has 80 valence electrons. The Hall–Kier alpha value is -1.30. The van der Waals surface area contributed by atoms with Crippen molar-refractivity contribution in [1.29, 1.82) is 0 Å². The van der Waals surface area contributed by atoms with Crippen LogP contribution >= 0.6 is 0 Å². The second-order valence-electron chi connectivity index (χ2n) is 3.28. The molecule has 0 spiro atoms. The van der Waals surface area contributed by atoms with Crippen LogP contribution in [-0.4, -0.2) is 42.4 Å². The van der Waals surface area contributed by atoms with E-state index in [-0.39, 0.29) is 11.8 Å². The van der Waals surface area contributed by atoms with Gasteiger partial charge in [0.25, 0.3) is 5.91 Å². The average molecular weight is 202 g/mol. The molecule has 0 aromatic rings. The van der Waals surface area contributed by atoms with Gasteiger partial charge in [0.2, 0.25) is 0 Å². The molecule has 0 aromatic heterocycles. The van der Waals surface area contributed by atoms with Gasteiger partial charge >= 0.3 is 6.09 Å². The third-order valence-corrected chi connectivity index (χ3v) is 2.22. The van der Waals surface area contributed by atoms with Crippen LogP contribution in [0, 0.1) is 5.92 Å². The van der Waals surface area contributed by atoms with Gasteiger partial charge in [-0.1, -0.05) is 0 Å². The number of hydrogen-bond acceptors (Lipinski definition) is 3. The van der Waals surface area contributed by atoms with Gasteiger partial charge in [-0.25, -0.2) is 9.86 Å². The largest absolute Gasteiger partial charge is 0.465 e. The van der Waals surface area contributed by atoms with E-state index in [1.165, 1.54) is 14.2 Å². The molecule has 1 atom stereocenters. The number of rotatable bonds is 4. The third-order valence-electron chi connectivity index (χ3n) is 2.22. The monoisotopic (exact) mass is 202 g/mol. The molecule has 0 saturated heterocycles. The minimum absolute atomic E-state index is 0.121. The Morgan fingerprint density at radius 2 is 2.14 bits per heavy atom. The fraction of sp³-hybridized carbons (Fsp3) is 0.750. The van der Waals surface area contributed by atoms with E-state index in [2.05, 4.69) is 5.32 Å². The first-order valence-corrected chi connectivity index (χ1v) is 4.37. The first kappa shape index (κ1) is 10.8. The molecular weight excluding hydrogens is 188 g/mol. The number of amides is 2. The van der Waals surface area contributed by atoms with Gasteiger partial charge in [0.05, 0.1) is 7.11 Å². The van der Waals surface area contributed by atoms with E-state index < -0.39 is 12.1 Å². The van der Waals surface area contributed by atoms with E-state index in [0.717, 1.165) is 17.9 Å². The molecule has 1 rings (SSSR count). The van der Waals surface area contributed by atoms with Crippen molar-refractivity contribution >= 4 is 12.0 Å². The maximum Gasteiger partial charge on any atom is 0.405 e. The summed E-state index contributed by atoms with van der Waals surface area (Å²) in [4.78, 5) is 26.7. The molecule has 0 aliphatic heterocycles. The van der Waals surface area contributed by atoms with Gasteiger partial charge in [0.1, 0.15) is 6.04 Å². The fourth-order valence-electron chi connectivity index (χ4n) is 1.23. The topological polar surface area (TPSA) is 78.9 Å². The highest BCUT2D eigenvalue weighted by molar-refractivity contribution is 5.85. The van der Waals surface area contributed by atoms with E-state index in [4.69, 9.17) is 9.94 Å². The number of likely N-dealkylation sites (N-methyl/N-ethyl adjacent to an activating group) is 1. The van der Waals surface area contributed by atoms with Gasteiger partial charge in [0, 0.05) is 7.05 Å². The van der Waals surface area contributed by atoms with Crippen molar-refractivity contribution in [1.82, 2.24) is 10.4 Å². The fourth-order valence-corrected chi connectivity index (χ4v) is 1.23. The van der Waals surface area contributed by atoms with Crippen molar-refractivity contribution in [2.24, 2.45) is 5.92 Å². The van der Waals surface area contributed by atoms with Crippen LogP contribution in [0.2, 0.25) is 0 Å². The van der Waals surface area contributed by atoms with Crippen LogP contribution in [0.5, 0.6) is 0 Å². The number of carbonyl (C=O) groups excluding carboxylic acids is 1. The van der Waals surface area contributed by atoms with Crippen LogP contribution in [-0.2, 0) is 9.63 Å². The Labute approximate surface area is 81.8 Å². The second-order valence-corrected chi connectivity index (χ2v) is 3.28. The number of carbonyl (C=O) groups is 2. The minimum Gasteiger partial charge on any atom is -0.465 e. The van der Waals surface area contributed by atoms with Crippen molar-refractivity contribution in [3.8, 4) is 0 Å². The summed E-state index contributed by atoms with van der Waals surface area (Å²) in [5.74, 6) is -0.228. The van der Waals surface area contributed by atoms with Gasteiger partial charge in [0.15, 0.2) is 0 Å². The summed E-state index contributed by atoms with van der Waals surface area (Å²) in [6, 6.07) is -0.669. The molecule has 1 aliphatic carbocycles. The Balaban J connectivity index is 2.57. The molecule has 0 radical (unpaired) electrons. The molecule has 2 amide bonds. The highest BCUT2D eigenvalue weighted by atomic mass is 16.7. The standard InChI is InChI=1S/C8H14N2O4/c1-10(14-2)7(11)6(5-3-4-5)9-8(12)13/h5-6,9H,3-4H2,1-2H3,(H,12,13).